The maximum absolute atomic E-state index is 3.59. The second-order valence-corrected chi connectivity index (χ2v) is 3.89. The Hall–Kier alpha value is -0.0400. The lowest BCUT2D eigenvalue weighted by Crippen LogP contribution is -2.33. The van der Waals surface area contributed by atoms with Gasteiger partial charge in [0.1, 0.15) is 0 Å². The largest absolute Gasteiger partial charge is 0.314 e. The van der Waals surface area contributed by atoms with Gasteiger partial charge >= 0.3 is 0 Å². The molecule has 0 aromatic heterocycles. The van der Waals surface area contributed by atoms with Gasteiger partial charge in [-0.25, -0.2) is 0 Å². The van der Waals surface area contributed by atoms with Crippen LogP contribution in [-0.4, -0.2) is 12.6 Å². The molecule has 0 aromatic carbocycles. The first-order valence-corrected chi connectivity index (χ1v) is 5.06. The molecule has 0 radical (unpaired) electrons. The molecule has 1 heteroatoms. The van der Waals surface area contributed by atoms with Crippen molar-refractivity contribution in [2.75, 3.05) is 6.54 Å². The van der Waals surface area contributed by atoms with E-state index in [9.17, 15) is 0 Å². The van der Waals surface area contributed by atoms with Crippen molar-refractivity contribution in [2.24, 2.45) is 5.92 Å². The Morgan fingerprint density at radius 2 is 2.18 bits per heavy atom. The van der Waals surface area contributed by atoms with Gasteiger partial charge in [0.05, 0.1) is 0 Å². The van der Waals surface area contributed by atoms with Crippen LogP contribution in [0.1, 0.15) is 46.0 Å². The fourth-order valence-corrected chi connectivity index (χ4v) is 1.60. The summed E-state index contributed by atoms with van der Waals surface area (Å²) in [5.74, 6) is 1.01. The van der Waals surface area contributed by atoms with Crippen LogP contribution in [0.15, 0.2) is 0 Å². The summed E-state index contributed by atoms with van der Waals surface area (Å²) < 4.78 is 0. The Balaban J connectivity index is 1.92. The molecule has 0 amide bonds. The van der Waals surface area contributed by atoms with Crippen molar-refractivity contribution in [1.29, 1.82) is 0 Å². The minimum atomic E-state index is 0.737. The summed E-state index contributed by atoms with van der Waals surface area (Å²) in [4.78, 5) is 0. The molecule has 1 aliphatic rings. The van der Waals surface area contributed by atoms with E-state index in [0.717, 1.165) is 12.0 Å². The summed E-state index contributed by atoms with van der Waals surface area (Å²) in [5.41, 5.74) is 0. The van der Waals surface area contributed by atoms with Crippen LogP contribution in [0.3, 0.4) is 0 Å². The molecule has 1 saturated carbocycles. The standard InChI is InChI=1S/C10H21N/c1-3-5-9(2)11-8-10-6-4-7-10/h9-11H,3-8H2,1-2H3. The lowest BCUT2D eigenvalue weighted by Gasteiger charge is -2.27. The van der Waals surface area contributed by atoms with E-state index in [1.165, 1.54) is 38.6 Å². The number of hydrogen-bond acceptors (Lipinski definition) is 1. The predicted molar refractivity (Wildman–Crippen MR) is 49.7 cm³/mol. The van der Waals surface area contributed by atoms with Gasteiger partial charge in [-0.1, -0.05) is 19.8 Å². The Morgan fingerprint density at radius 1 is 1.45 bits per heavy atom. The lowest BCUT2D eigenvalue weighted by molar-refractivity contribution is 0.289. The topological polar surface area (TPSA) is 12.0 Å². The summed E-state index contributed by atoms with van der Waals surface area (Å²) >= 11 is 0. The molecule has 1 aliphatic carbocycles. The van der Waals surface area contributed by atoms with Crippen LogP contribution >= 0.6 is 0 Å². The van der Waals surface area contributed by atoms with Crippen molar-refractivity contribution in [2.45, 2.75) is 52.0 Å². The highest BCUT2D eigenvalue weighted by atomic mass is 14.9. The van der Waals surface area contributed by atoms with Crippen molar-refractivity contribution >= 4 is 0 Å². The van der Waals surface area contributed by atoms with Crippen LogP contribution in [0.2, 0.25) is 0 Å². The Kier molecular flexibility index (Phi) is 3.92. The SMILES string of the molecule is CCCC(C)NCC1CCC1. The Morgan fingerprint density at radius 3 is 2.64 bits per heavy atom. The van der Waals surface area contributed by atoms with Gasteiger partial charge in [-0.3, -0.25) is 0 Å². The van der Waals surface area contributed by atoms with Crippen molar-refractivity contribution in [1.82, 2.24) is 5.32 Å². The third kappa shape index (κ3) is 3.24. The molecular weight excluding hydrogens is 134 g/mol. The monoisotopic (exact) mass is 155 g/mol. The van der Waals surface area contributed by atoms with Crippen molar-refractivity contribution in [3.05, 3.63) is 0 Å². The van der Waals surface area contributed by atoms with Gasteiger partial charge in [-0.2, -0.15) is 0 Å². The minimum Gasteiger partial charge on any atom is -0.314 e. The Labute approximate surface area is 70.6 Å². The van der Waals surface area contributed by atoms with E-state index < -0.39 is 0 Å². The number of nitrogens with one attached hydrogen (secondary N) is 1. The third-order valence-corrected chi connectivity index (χ3v) is 2.70. The molecule has 0 spiro atoms. The summed E-state index contributed by atoms with van der Waals surface area (Å²) in [7, 11) is 0. The fraction of sp³-hybridized carbons (Fsp3) is 1.00. The van der Waals surface area contributed by atoms with Crippen LogP contribution < -0.4 is 5.32 Å². The molecule has 66 valence electrons. The maximum atomic E-state index is 3.59. The Bertz CT molecular complexity index is 97.0. The van der Waals surface area contributed by atoms with Gasteiger partial charge in [0.15, 0.2) is 0 Å². The van der Waals surface area contributed by atoms with E-state index in [4.69, 9.17) is 0 Å². The van der Waals surface area contributed by atoms with Gasteiger partial charge in [-0.15, -0.1) is 0 Å². The molecule has 1 N–H and O–H groups in total. The molecule has 0 heterocycles. The maximum Gasteiger partial charge on any atom is 0.00387 e. The molecule has 0 bridgehead atoms. The van der Waals surface area contributed by atoms with E-state index >= 15 is 0 Å². The second-order valence-electron chi connectivity index (χ2n) is 3.89. The van der Waals surface area contributed by atoms with Gasteiger partial charge < -0.3 is 5.32 Å². The smallest absolute Gasteiger partial charge is 0.00387 e. The van der Waals surface area contributed by atoms with E-state index in [-0.39, 0.29) is 0 Å². The molecule has 0 saturated heterocycles. The zero-order chi connectivity index (χ0) is 8.10. The van der Waals surface area contributed by atoms with Crippen LogP contribution in [0.4, 0.5) is 0 Å². The zero-order valence-electron chi connectivity index (χ0n) is 7.90. The van der Waals surface area contributed by atoms with Crippen LogP contribution in [0.5, 0.6) is 0 Å². The highest BCUT2D eigenvalue weighted by Crippen LogP contribution is 2.25. The molecule has 1 nitrogen and oxygen atoms in total. The quantitative estimate of drug-likeness (QED) is 0.643. The highest BCUT2D eigenvalue weighted by molar-refractivity contribution is 4.73. The van der Waals surface area contributed by atoms with Crippen molar-refractivity contribution < 1.29 is 0 Å². The fourth-order valence-electron chi connectivity index (χ4n) is 1.60. The van der Waals surface area contributed by atoms with Gasteiger partial charge in [0.2, 0.25) is 0 Å². The normalized spacial score (nSPS) is 21.3. The lowest BCUT2D eigenvalue weighted by atomic mass is 9.85. The molecule has 11 heavy (non-hydrogen) atoms. The molecule has 1 atom stereocenters. The van der Waals surface area contributed by atoms with E-state index in [1.807, 2.05) is 0 Å². The van der Waals surface area contributed by atoms with Gasteiger partial charge in [0, 0.05) is 6.04 Å². The summed E-state index contributed by atoms with van der Waals surface area (Å²) in [6.45, 7) is 5.81. The zero-order valence-corrected chi connectivity index (χ0v) is 7.90. The number of rotatable bonds is 5. The summed E-state index contributed by atoms with van der Waals surface area (Å²) in [6.07, 6.45) is 7.03. The average Bonchev–Trinajstić information content (AvgIpc) is 1.85. The predicted octanol–water partition coefficient (Wildman–Crippen LogP) is 2.56. The molecule has 1 fully saturated rings. The first kappa shape index (κ1) is 9.05. The molecule has 0 aromatic rings. The highest BCUT2D eigenvalue weighted by Gasteiger charge is 2.17. The van der Waals surface area contributed by atoms with E-state index in [1.54, 1.807) is 0 Å². The number of hydrogen-bond donors (Lipinski definition) is 1. The van der Waals surface area contributed by atoms with Crippen LogP contribution in [0, 0.1) is 5.92 Å². The van der Waals surface area contributed by atoms with E-state index in [2.05, 4.69) is 19.2 Å². The summed E-state index contributed by atoms with van der Waals surface area (Å²) in [6, 6.07) is 0.737. The van der Waals surface area contributed by atoms with Crippen LogP contribution in [-0.2, 0) is 0 Å². The van der Waals surface area contributed by atoms with Crippen molar-refractivity contribution in [3.8, 4) is 0 Å². The molecular formula is C10H21N. The van der Waals surface area contributed by atoms with Gasteiger partial charge in [-0.05, 0) is 38.6 Å². The third-order valence-electron chi connectivity index (χ3n) is 2.70. The van der Waals surface area contributed by atoms with E-state index in [0.29, 0.717) is 0 Å². The molecule has 1 rings (SSSR count). The first-order valence-electron chi connectivity index (χ1n) is 5.06. The van der Waals surface area contributed by atoms with Crippen LogP contribution in [0.25, 0.3) is 0 Å². The minimum absolute atomic E-state index is 0.737. The molecule has 0 aliphatic heterocycles. The van der Waals surface area contributed by atoms with Crippen molar-refractivity contribution in [3.63, 3.8) is 0 Å². The summed E-state index contributed by atoms with van der Waals surface area (Å²) in [5, 5.41) is 3.59. The second kappa shape index (κ2) is 4.76. The molecule has 1 unspecified atom stereocenters. The average molecular weight is 155 g/mol. The first-order chi connectivity index (χ1) is 5.33. The van der Waals surface area contributed by atoms with Gasteiger partial charge in [0.25, 0.3) is 0 Å².